The molecule has 1 amide bonds. The molecule has 0 atom stereocenters. The van der Waals surface area contributed by atoms with Crippen LogP contribution in [0.2, 0.25) is 0 Å². The number of nitrogens with two attached hydrogens (primary N) is 1. The summed E-state index contributed by atoms with van der Waals surface area (Å²) < 4.78 is 0.776. The Bertz CT molecular complexity index is 402. The fourth-order valence-electron chi connectivity index (χ4n) is 1.49. The minimum atomic E-state index is 0.0678. The van der Waals surface area contributed by atoms with E-state index in [-0.39, 0.29) is 5.91 Å². The van der Waals surface area contributed by atoms with Crippen molar-refractivity contribution in [3.63, 3.8) is 0 Å². The molecule has 0 radical (unpaired) electrons. The van der Waals surface area contributed by atoms with Crippen LogP contribution in [-0.4, -0.2) is 23.9 Å². The number of anilines is 1. The Balaban J connectivity index is 2.21. The summed E-state index contributed by atoms with van der Waals surface area (Å²) in [6.07, 6.45) is 2.25. The molecule has 0 unspecified atom stereocenters. The molecule has 1 aromatic carbocycles. The zero-order valence-electron chi connectivity index (χ0n) is 8.53. The van der Waals surface area contributed by atoms with Crippen molar-refractivity contribution in [2.45, 2.75) is 18.9 Å². The first kappa shape index (κ1) is 10.5. The van der Waals surface area contributed by atoms with E-state index in [1.807, 2.05) is 7.05 Å². The first-order valence-electron chi connectivity index (χ1n) is 4.92. The van der Waals surface area contributed by atoms with Crippen molar-refractivity contribution < 1.29 is 4.79 Å². The zero-order valence-corrected chi connectivity index (χ0v) is 10.1. The van der Waals surface area contributed by atoms with Crippen LogP contribution in [0.4, 0.5) is 5.69 Å². The number of hydrogen-bond donors (Lipinski definition) is 1. The Morgan fingerprint density at radius 3 is 2.73 bits per heavy atom. The van der Waals surface area contributed by atoms with Gasteiger partial charge < -0.3 is 10.6 Å². The molecule has 0 heterocycles. The van der Waals surface area contributed by atoms with Crippen molar-refractivity contribution >= 4 is 27.5 Å². The second-order valence-electron chi connectivity index (χ2n) is 3.88. The number of nitrogens with zero attached hydrogens (tertiary/aromatic N) is 1. The van der Waals surface area contributed by atoms with Crippen LogP contribution in [0.1, 0.15) is 23.2 Å². The average molecular weight is 269 g/mol. The first-order chi connectivity index (χ1) is 7.09. The smallest absolute Gasteiger partial charge is 0.253 e. The SMILES string of the molecule is CN(C(=O)c1ccc(N)c(Br)c1)C1CC1. The molecule has 1 aromatic rings. The molecule has 1 aliphatic rings. The van der Waals surface area contributed by atoms with Gasteiger partial charge in [0.15, 0.2) is 0 Å². The zero-order chi connectivity index (χ0) is 11.0. The van der Waals surface area contributed by atoms with E-state index in [9.17, 15) is 4.79 Å². The third kappa shape index (κ3) is 2.15. The van der Waals surface area contributed by atoms with Crippen molar-refractivity contribution in [1.82, 2.24) is 4.90 Å². The number of amides is 1. The molecule has 0 aliphatic heterocycles. The van der Waals surface area contributed by atoms with Gasteiger partial charge in [0.2, 0.25) is 0 Å². The number of carbonyl (C=O) groups is 1. The maximum Gasteiger partial charge on any atom is 0.253 e. The van der Waals surface area contributed by atoms with Gasteiger partial charge in [-0.05, 0) is 47.0 Å². The molecule has 3 nitrogen and oxygen atoms in total. The number of carbonyl (C=O) groups excluding carboxylic acids is 1. The van der Waals surface area contributed by atoms with E-state index in [2.05, 4.69) is 15.9 Å². The topological polar surface area (TPSA) is 46.3 Å². The minimum absolute atomic E-state index is 0.0678. The fourth-order valence-corrected chi connectivity index (χ4v) is 1.87. The van der Waals surface area contributed by atoms with E-state index < -0.39 is 0 Å². The highest BCUT2D eigenvalue weighted by Gasteiger charge is 2.30. The summed E-state index contributed by atoms with van der Waals surface area (Å²) in [4.78, 5) is 13.8. The van der Waals surface area contributed by atoms with Crippen LogP contribution in [0, 0.1) is 0 Å². The number of hydrogen-bond acceptors (Lipinski definition) is 2. The third-order valence-electron chi connectivity index (χ3n) is 2.66. The normalized spacial score (nSPS) is 15.1. The van der Waals surface area contributed by atoms with E-state index in [1.165, 1.54) is 0 Å². The highest BCUT2D eigenvalue weighted by molar-refractivity contribution is 9.10. The van der Waals surface area contributed by atoms with E-state index in [0.717, 1.165) is 17.3 Å². The lowest BCUT2D eigenvalue weighted by molar-refractivity contribution is 0.0785. The van der Waals surface area contributed by atoms with Crippen molar-refractivity contribution in [2.24, 2.45) is 0 Å². The predicted molar refractivity (Wildman–Crippen MR) is 63.7 cm³/mol. The van der Waals surface area contributed by atoms with Crippen LogP contribution in [-0.2, 0) is 0 Å². The van der Waals surface area contributed by atoms with Crippen molar-refractivity contribution in [3.8, 4) is 0 Å². The summed E-state index contributed by atoms with van der Waals surface area (Å²) in [5.74, 6) is 0.0678. The van der Waals surface area contributed by atoms with Gasteiger partial charge in [-0.15, -0.1) is 0 Å². The lowest BCUT2D eigenvalue weighted by Crippen LogP contribution is -2.28. The Morgan fingerprint density at radius 1 is 1.53 bits per heavy atom. The maximum atomic E-state index is 12.0. The van der Waals surface area contributed by atoms with Gasteiger partial charge in [-0.1, -0.05) is 0 Å². The van der Waals surface area contributed by atoms with Crippen LogP contribution in [0.15, 0.2) is 22.7 Å². The van der Waals surface area contributed by atoms with E-state index in [4.69, 9.17) is 5.73 Å². The molecule has 80 valence electrons. The second-order valence-corrected chi connectivity index (χ2v) is 4.74. The molecule has 15 heavy (non-hydrogen) atoms. The molecular weight excluding hydrogens is 256 g/mol. The molecule has 1 fully saturated rings. The largest absolute Gasteiger partial charge is 0.398 e. The lowest BCUT2D eigenvalue weighted by atomic mass is 10.2. The van der Waals surface area contributed by atoms with Crippen LogP contribution in [0.25, 0.3) is 0 Å². The summed E-state index contributed by atoms with van der Waals surface area (Å²) >= 11 is 3.32. The molecular formula is C11H13BrN2O. The molecule has 4 heteroatoms. The standard InChI is InChI=1S/C11H13BrN2O/c1-14(8-3-4-8)11(15)7-2-5-10(13)9(12)6-7/h2,5-6,8H,3-4,13H2,1H3. The predicted octanol–water partition coefficient (Wildman–Crippen LogP) is 2.27. The van der Waals surface area contributed by atoms with Crippen molar-refractivity contribution in [2.75, 3.05) is 12.8 Å². The average Bonchev–Trinajstić information content (AvgIpc) is 3.03. The molecule has 0 aromatic heterocycles. The third-order valence-corrected chi connectivity index (χ3v) is 3.35. The van der Waals surface area contributed by atoms with Gasteiger partial charge in [0.25, 0.3) is 5.91 Å². The highest BCUT2D eigenvalue weighted by Crippen LogP contribution is 2.28. The Kier molecular flexibility index (Phi) is 2.69. The summed E-state index contributed by atoms with van der Waals surface area (Å²) in [5.41, 5.74) is 7.00. The molecule has 1 aliphatic carbocycles. The summed E-state index contributed by atoms with van der Waals surface area (Å²) in [5, 5.41) is 0. The van der Waals surface area contributed by atoms with Gasteiger partial charge in [-0.3, -0.25) is 4.79 Å². The summed E-state index contributed by atoms with van der Waals surface area (Å²) in [6, 6.07) is 5.73. The molecule has 0 spiro atoms. The van der Waals surface area contributed by atoms with Crippen LogP contribution in [0.5, 0.6) is 0 Å². The molecule has 0 saturated heterocycles. The molecule has 1 saturated carbocycles. The molecule has 2 rings (SSSR count). The molecule has 0 bridgehead atoms. The highest BCUT2D eigenvalue weighted by atomic mass is 79.9. The van der Waals surface area contributed by atoms with Crippen LogP contribution < -0.4 is 5.73 Å². The maximum absolute atomic E-state index is 12.0. The van der Waals surface area contributed by atoms with Crippen LogP contribution in [0.3, 0.4) is 0 Å². The van der Waals surface area contributed by atoms with Crippen LogP contribution >= 0.6 is 15.9 Å². The summed E-state index contributed by atoms with van der Waals surface area (Å²) in [7, 11) is 1.85. The van der Waals surface area contributed by atoms with E-state index in [1.54, 1.807) is 23.1 Å². The molecule has 2 N–H and O–H groups in total. The quantitative estimate of drug-likeness (QED) is 0.837. The minimum Gasteiger partial charge on any atom is -0.398 e. The fraction of sp³-hybridized carbons (Fsp3) is 0.364. The number of nitrogen functional groups attached to an aromatic ring is 1. The van der Waals surface area contributed by atoms with Gasteiger partial charge in [0.05, 0.1) is 0 Å². The Hall–Kier alpha value is -1.03. The number of rotatable bonds is 2. The van der Waals surface area contributed by atoms with Gasteiger partial charge in [0, 0.05) is 28.8 Å². The van der Waals surface area contributed by atoms with E-state index in [0.29, 0.717) is 17.3 Å². The number of benzene rings is 1. The Labute approximate surface area is 97.4 Å². The van der Waals surface area contributed by atoms with Gasteiger partial charge in [-0.25, -0.2) is 0 Å². The Morgan fingerprint density at radius 2 is 2.20 bits per heavy atom. The second kappa shape index (κ2) is 3.85. The van der Waals surface area contributed by atoms with Crippen molar-refractivity contribution in [3.05, 3.63) is 28.2 Å². The van der Waals surface area contributed by atoms with E-state index >= 15 is 0 Å². The van der Waals surface area contributed by atoms with Crippen molar-refractivity contribution in [1.29, 1.82) is 0 Å². The van der Waals surface area contributed by atoms with Gasteiger partial charge in [-0.2, -0.15) is 0 Å². The summed E-state index contributed by atoms with van der Waals surface area (Å²) in [6.45, 7) is 0. The number of halogens is 1. The van der Waals surface area contributed by atoms with Gasteiger partial charge >= 0.3 is 0 Å². The van der Waals surface area contributed by atoms with Gasteiger partial charge in [0.1, 0.15) is 0 Å². The first-order valence-corrected chi connectivity index (χ1v) is 5.71. The monoisotopic (exact) mass is 268 g/mol. The lowest BCUT2D eigenvalue weighted by Gasteiger charge is -2.16.